The first kappa shape index (κ1) is 17.5. The van der Waals surface area contributed by atoms with Crippen LogP contribution in [0.3, 0.4) is 0 Å². The third kappa shape index (κ3) is 7.48. The number of carbonyl (C=O) groups excluding carboxylic acids is 2. The van der Waals surface area contributed by atoms with E-state index in [1.54, 1.807) is 12.2 Å². The Hall–Kier alpha value is -1.53. The summed E-state index contributed by atoms with van der Waals surface area (Å²) in [5, 5.41) is 4.06. The molecule has 0 aromatic carbocycles. The Balaban J connectivity index is 4.05. The first-order valence-corrected chi connectivity index (χ1v) is 5.76. The molecule has 19 heavy (non-hydrogen) atoms. The molecular formula is C12H19F3N2O2. The van der Waals surface area contributed by atoms with Crippen molar-refractivity contribution in [3.63, 3.8) is 0 Å². The standard InChI is InChI=1S/C12H19F3N2O2/c1-8(11(2,3)4)7-9(18)16-5-6-17-10(19)12(13,14)15/h7H,5-6H2,1-4H3,(H,16,18)(H,17,19)/b8-7+. The van der Waals surface area contributed by atoms with Gasteiger partial charge in [0.25, 0.3) is 0 Å². The van der Waals surface area contributed by atoms with Crippen molar-refractivity contribution in [1.29, 1.82) is 0 Å². The Labute approximate surface area is 110 Å². The number of allylic oxidation sites excluding steroid dienone is 1. The smallest absolute Gasteiger partial charge is 0.351 e. The molecule has 110 valence electrons. The molecular weight excluding hydrogens is 261 g/mol. The van der Waals surface area contributed by atoms with Crippen molar-refractivity contribution in [2.24, 2.45) is 5.41 Å². The van der Waals surface area contributed by atoms with Crippen molar-refractivity contribution >= 4 is 11.8 Å². The molecule has 0 atom stereocenters. The van der Waals surface area contributed by atoms with Crippen LogP contribution >= 0.6 is 0 Å². The largest absolute Gasteiger partial charge is 0.471 e. The highest BCUT2D eigenvalue weighted by atomic mass is 19.4. The van der Waals surface area contributed by atoms with Crippen LogP contribution in [-0.4, -0.2) is 31.1 Å². The summed E-state index contributed by atoms with van der Waals surface area (Å²) in [4.78, 5) is 21.9. The fraction of sp³-hybridized carbons (Fsp3) is 0.667. The SMILES string of the molecule is C/C(=C\C(=O)NCCNC(=O)C(F)(F)F)C(C)(C)C. The Morgan fingerprint density at radius 2 is 1.53 bits per heavy atom. The minimum atomic E-state index is -4.90. The van der Waals surface area contributed by atoms with E-state index in [1.165, 1.54) is 6.08 Å². The van der Waals surface area contributed by atoms with Gasteiger partial charge in [0.05, 0.1) is 0 Å². The van der Waals surface area contributed by atoms with Gasteiger partial charge in [0.2, 0.25) is 5.91 Å². The van der Waals surface area contributed by atoms with Gasteiger partial charge in [-0.2, -0.15) is 13.2 Å². The summed E-state index contributed by atoms with van der Waals surface area (Å²) in [6.45, 7) is 7.28. The summed E-state index contributed by atoms with van der Waals surface area (Å²) < 4.78 is 35.5. The first-order valence-electron chi connectivity index (χ1n) is 5.76. The van der Waals surface area contributed by atoms with Crippen molar-refractivity contribution in [2.75, 3.05) is 13.1 Å². The molecule has 0 spiro atoms. The number of halogens is 3. The van der Waals surface area contributed by atoms with E-state index in [1.807, 2.05) is 20.8 Å². The Kier molecular flexibility index (Phi) is 6.05. The van der Waals surface area contributed by atoms with Gasteiger partial charge in [0.1, 0.15) is 0 Å². The lowest BCUT2D eigenvalue weighted by Gasteiger charge is -2.19. The molecule has 0 aliphatic heterocycles. The van der Waals surface area contributed by atoms with Crippen molar-refractivity contribution < 1.29 is 22.8 Å². The van der Waals surface area contributed by atoms with Gasteiger partial charge in [-0.15, -0.1) is 0 Å². The van der Waals surface area contributed by atoms with Gasteiger partial charge >= 0.3 is 12.1 Å². The lowest BCUT2D eigenvalue weighted by Crippen LogP contribution is -2.41. The molecule has 0 saturated heterocycles. The Bertz CT molecular complexity index is 368. The van der Waals surface area contributed by atoms with Crippen LogP contribution in [0.1, 0.15) is 27.7 Å². The summed E-state index contributed by atoms with van der Waals surface area (Å²) in [7, 11) is 0. The fourth-order valence-corrected chi connectivity index (χ4v) is 0.926. The second-order valence-electron chi connectivity index (χ2n) is 5.12. The maximum atomic E-state index is 11.8. The van der Waals surface area contributed by atoms with E-state index in [2.05, 4.69) is 5.32 Å². The van der Waals surface area contributed by atoms with Crippen LogP contribution in [0.5, 0.6) is 0 Å². The predicted molar refractivity (Wildman–Crippen MR) is 65.3 cm³/mol. The van der Waals surface area contributed by atoms with E-state index in [9.17, 15) is 22.8 Å². The van der Waals surface area contributed by atoms with Gasteiger partial charge in [-0.1, -0.05) is 26.3 Å². The zero-order valence-electron chi connectivity index (χ0n) is 11.4. The second-order valence-corrected chi connectivity index (χ2v) is 5.12. The number of carbonyl (C=O) groups is 2. The van der Waals surface area contributed by atoms with Gasteiger partial charge in [-0.05, 0) is 12.3 Å². The van der Waals surface area contributed by atoms with Crippen molar-refractivity contribution in [3.05, 3.63) is 11.6 Å². The Morgan fingerprint density at radius 1 is 1.05 bits per heavy atom. The molecule has 0 radical (unpaired) electrons. The van der Waals surface area contributed by atoms with E-state index in [0.29, 0.717) is 0 Å². The Morgan fingerprint density at radius 3 is 1.95 bits per heavy atom. The van der Waals surface area contributed by atoms with Crippen LogP contribution in [0.2, 0.25) is 0 Å². The van der Waals surface area contributed by atoms with E-state index >= 15 is 0 Å². The quantitative estimate of drug-likeness (QED) is 0.609. The number of hydrogen-bond donors (Lipinski definition) is 2. The maximum absolute atomic E-state index is 11.8. The maximum Gasteiger partial charge on any atom is 0.471 e. The average molecular weight is 280 g/mol. The van der Waals surface area contributed by atoms with E-state index in [-0.39, 0.29) is 18.5 Å². The van der Waals surface area contributed by atoms with E-state index in [0.717, 1.165) is 5.57 Å². The highest BCUT2D eigenvalue weighted by molar-refractivity contribution is 5.88. The molecule has 2 amide bonds. The average Bonchev–Trinajstić information content (AvgIpc) is 2.21. The zero-order valence-corrected chi connectivity index (χ0v) is 11.4. The van der Waals surface area contributed by atoms with Crippen molar-refractivity contribution in [2.45, 2.75) is 33.9 Å². The molecule has 0 aliphatic carbocycles. The van der Waals surface area contributed by atoms with Crippen LogP contribution in [0, 0.1) is 5.41 Å². The van der Waals surface area contributed by atoms with Crippen LogP contribution < -0.4 is 10.6 Å². The number of hydrogen-bond acceptors (Lipinski definition) is 2. The molecule has 2 N–H and O–H groups in total. The molecule has 0 unspecified atom stereocenters. The molecule has 0 aliphatic rings. The molecule has 0 rings (SSSR count). The van der Waals surface area contributed by atoms with Gasteiger partial charge in [-0.25, -0.2) is 0 Å². The van der Waals surface area contributed by atoms with Crippen LogP contribution in [0.25, 0.3) is 0 Å². The fourth-order valence-electron chi connectivity index (χ4n) is 0.926. The third-order valence-corrected chi connectivity index (χ3v) is 2.50. The highest BCUT2D eigenvalue weighted by Gasteiger charge is 2.38. The number of rotatable bonds is 4. The predicted octanol–water partition coefficient (Wildman–Crippen LogP) is 1.77. The van der Waals surface area contributed by atoms with Gasteiger partial charge in [0.15, 0.2) is 0 Å². The van der Waals surface area contributed by atoms with Crippen molar-refractivity contribution in [1.82, 2.24) is 10.6 Å². The lowest BCUT2D eigenvalue weighted by molar-refractivity contribution is -0.173. The van der Waals surface area contributed by atoms with Crippen LogP contribution in [0.4, 0.5) is 13.2 Å². The normalized spacial score (nSPS) is 13.1. The monoisotopic (exact) mass is 280 g/mol. The topological polar surface area (TPSA) is 58.2 Å². The summed E-state index contributed by atoms with van der Waals surface area (Å²) in [6, 6.07) is 0. The van der Waals surface area contributed by atoms with Crippen molar-refractivity contribution in [3.8, 4) is 0 Å². The molecule has 0 bridgehead atoms. The third-order valence-electron chi connectivity index (χ3n) is 2.50. The van der Waals surface area contributed by atoms with E-state index < -0.39 is 18.0 Å². The number of alkyl halides is 3. The van der Waals surface area contributed by atoms with Gasteiger partial charge < -0.3 is 10.6 Å². The molecule has 0 heterocycles. The minimum absolute atomic E-state index is 0.0609. The number of nitrogens with one attached hydrogen (secondary N) is 2. The number of amides is 2. The lowest BCUT2D eigenvalue weighted by atomic mass is 9.87. The molecule has 0 saturated carbocycles. The molecule has 4 nitrogen and oxygen atoms in total. The zero-order chi connectivity index (χ0) is 15.3. The van der Waals surface area contributed by atoms with Crippen LogP contribution in [0.15, 0.2) is 11.6 Å². The van der Waals surface area contributed by atoms with Gasteiger partial charge in [-0.3, -0.25) is 9.59 Å². The molecule has 7 heteroatoms. The molecule has 0 fully saturated rings. The highest BCUT2D eigenvalue weighted by Crippen LogP contribution is 2.23. The summed E-state index contributed by atoms with van der Waals surface area (Å²) in [5.41, 5.74) is 0.700. The summed E-state index contributed by atoms with van der Waals surface area (Å²) >= 11 is 0. The van der Waals surface area contributed by atoms with Crippen LogP contribution in [-0.2, 0) is 9.59 Å². The molecule has 0 aromatic rings. The molecule has 0 aromatic heterocycles. The summed E-state index contributed by atoms with van der Waals surface area (Å²) in [6.07, 6.45) is -3.50. The first-order chi connectivity index (χ1) is 8.44. The summed E-state index contributed by atoms with van der Waals surface area (Å²) in [5.74, 6) is -2.41. The minimum Gasteiger partial charge on any atom is -0.351 e. The van der Waals surface area contributed by atoms with E-state index in [4.69, 9.17) is 0 Å². The second kappa shape index (κ2) is 6.58. The van der Waals surface area contributed by atoms with Gasteiger partial charge in [0, 0.05) is 19.2 Å².